The predicted octanol–water partition coefficient (Wildman–Crippen LogP) is 2.67. The van der Waals surface area contributed by atoms with Crippen LogP contribution in [0.3, 0.4) is 0 Å². The van der Waals surface area contributed by atoms with Crippen LogP contribution in [0, 0.1) is 3.57 Å². The third kappa shape index (κ3) is 5.38. The van der Waals surface area contributed by atoms with E-state index in [1.165, 1.54) is 0 Å². The Balaban J connectivity index is 0.00000200. The van der Waals surface area contributed by atoms with Crippen molar-refractivity contribution in [2.24, 2.45) is 0 Å². The van der Waals surface area contributed by atoms with Crippen molar-refractivity contribution >= 4 is 56.8 Å². The number of hydrogen-bond acceptors (Lipinski definition) is 3. The summed E-state index contributed by atoms with van der Waals surface area (Å²) in [5.41, 5.74) is 0. The van der Waals surface area contributed by atoms with Gasteiger partial charge in [0.1, 0.15) is 5.75 Å². The van der Waals surface area contributed by atoms with Crippen LogP contribution in [-0.4, -0.2) is 43.1 Å². The Hall–Kier alpha value is -0.0500. The number of nitrogens with zero attached hydrogens (tertiary/aromatic N) is 1. The first-order chi connectivity index (χ1) is 9.04. The summed E-state index contributed by atoms with van der Waals surface area (Å²) in [5, 5.41) is 3.31. The molecule has 0 unspecified atom stereocenters. The second-order valence-electron chi connectivity index (χ2n) is 4.59. The Bertz CT molecular complexity index is 455. The predicted molar refractivity (Wildman–Crippen MR) is 93.6 cm³/mol. The van der Waals surface area contributed by atoms with Crippen LogP contribution in [0.5, 0.6) is 5.75 Å². The number of halogens is 3. The van der Waals surface area contributed by atoms with Gasteiger partial charge in [0.15, 0.2) is 6.61 Å². The maximum Gasteiger partial charge on any atom is 0.260 e. The average molecular weight is 476 g/mol. The molecule has 1 fully saturated rings. The molecule has 0 aliphatic carbocycles. The molecule has 0 bridgehead atoms. The van der Waals surface area contributed by atoms with Crippen LogP contribution in [0.25, 0.3) is 0 Å². The molecule has 112 valence electrons. The Labute approximate surface area is 147 Å². The third-order valence-electron chi connectivity index (χ3n) is 2.92. The number of benzene rings is 1. The lowest BCUT2D eigenvalue weighted by Gasteiger charge is -2.31. The molecule has 1 aromatic carbocycles. The van der Waals surface area contributed by atoms with Crippen LogP contribution in [0.15, 0.2) is 22.7 Å². The van der Waals surface area contributed by atoms with Gasteiger partial charge in [-0.2, -0.15) is 0 Å². The van der Waals surface area contributed by atoms with E-state index in [0.717, 1.165) is 33.4 Å². The summed E-state index contributed by atoms with van der Waals surface area (Å²) in [7, 11) is 0. The number of piperazine rings is 1. The number of amides is 1. The van der Waals surface area contributed by atoms with Gasteiger partial charge in [-0.1, -0.05) is 15.9 Å². The van der Waals surface area contributed by atoms with Crippen LogP contribution in [0.2, 0.25) is 0 Å². The maximum atomic E-state index is 12.0. The van der Waals surface area contributed by atoms with E-state index in [4.69, 9.17) is 4.74 Å². The highest BCUT2D eigenvalue weighted by Crippen LogP contribution is 2.22. The fraction of sp³-hybridized carbons (Fsp3) is 0.462. The Kier molecular flexibility index (Phi) is 7.57. The van der Waals surface area contributed by atoms with Gasteiger partial charge in [0.05, 0.1) is 0 Å². The van der Waals surface area contributed by atoms with E-state index in [1.54, 1.807) is 0 Å². The second-order valence-corrected chi connectivity index (χ2v) is 6.75. The lowest BCUT2D eigenvalue weighted by Crippen LogP contribution is -2.52. The highest BCUT2D eigenvalue weighted by atomic mass is 127. The molecule has 1 aliphatic rings. The third-order valence-corrected chi connectivity index (χ3v) is 4.00. The van der Waals surface area contributed by atoms with E-state index in [1.807, 2.05) is 23.1 Å². The highest BCUT2D eigenvalue weighted by Gasteiger charge is 2.20. The minimum absolute atomic E-state index is 0. The van der Waals surface area contributed by atoms with Crippen LogP contribution in [-0.2, 0) is 4.79 Å². The van der Waals surface area contributed by atoms with Gasteiger partial charge >= 0.3 is 0 Å². The summed E-state index contributed by atoms with van der Waals surface area (Å²) in [5.74, 6) is 0.763. The maximum absolute atomic E-state index is 12.0. The van der Waals surface area contributed by atoms with Crippen LogP contribution < -0.4 is 10.1 Å². The summed E-state index contributed by atoms with van der Waals surface area (Å²) < 4.78 is 7.60. The van der Waals surface area contributed by atoms with E-state index in [-0.39, 0.29) is 24.9 Å². The van der Waals surface area contributed by atoms with E-state index in [0.29, 0.717) is 6.04 Å². The number of carbonyl (C=O) groups excluding carboxylic acids is 1. The largest absolute Gasteiger partial charge is 0.484 e. The molecular weight excluding hydrogens is 458 g/mol. The Morgan fingerprint density at radius 1 is 1.55 bits per heavy atom. The van der Waals surface area contributed by atoms with Crippen LogP contribution in [0.1, 0.15) is 6.92 Å². The van der Waals surface area contributed by atoms with Gasteiger partial charge in [0, 0.05) is 33.7 Å². The zero-order valence-electron chi connectivity index (χ0n) is 11.1. The molecule has 1 aromatic rings. The van der Waals surface area contributed by atoms with E-state index in [2.05, 4.69) is 50.8 Å². The van der Waals surface area contributed by atoms with Crippen molar-refractivity contribution in [1.29, 1.82) is 0 Å². The molecule has 1 atom stereocenters. The molecule has 1 heterocycles. The van der Waals surface area contributed by atoms with Gasteiger partial charge < -0.3 is 15.0 Å². The summed E-state index contributed by atoms with van der Waals surface area (Å²) in [4.78, 5) is 13.9. The molecule has 1 amide bonds. The molecule has 0 aromatic heterocycles. The van der Waals surface area contributed by atoms with Crippen LogP contribution >= 0.6 is 50.9 Å². The molecular formula is C13H17BrClIN2O2. The molecule has 1 N–H and O–H groups in total. The minimum atomic E-state index is 0. The number of rotatable bonds is 3. The standard InChI is InChI=1S/C13H16BrIN2O2.ClH/c1-9-7-17(3-2-16-9)13(18)8-19-12-5-10(14)4-11(15)6-12;/h4-6,9,16H,2-3,7-8H2,1H3;1H/t9-;/m1./s1. The van der Waals surface area contributed by atoms with Gasteiger partial charge in [0.2, 0.25) is 0 Å². The summed E-state index contributed by atoms with van der Waals surface area (Å²) >= 11 is 5.64. The number of nitrogens with one attached hydrogen (secondary N) is 1. The number of hydrogen-bond donors (Lipinski definition) is 1. The quantitative estimate of drug-likeness (QED) is 0.684. The fourth-order valence-corrected chi connectivity index (χ4v) is 3.55. The minimum Gasteiger partial charge on any atom is -0.484 e. The zero-order chi connectivity index (χ0) is 13.8. The second kappa shape index (κ2) is 8.41. The molecule has 20 heavy (non-hydrogen) atoms. The number of carbonyl (C=O) groups is 1. The van der Waals surface area contributed by atoms with Crippen molar-refractivity contribution in [2.75, 3.05) is 26.2 Å². The number of ether oxygens (including phenoxy) is 1. The monoisotopic (exact) mass is 474 g/mol. The van der Waals surface area contributed by atoms with Crippen LogP contribution in [0.4, 0.5) is 0 Å². The van der Waals surface area contributed by atoms with E-state index >= 15 is 0 Å². The molecule has 0 spiro atoms. The van der Waals surface area contributed by atoms with Crippen molar-refractivity contribution in [1.82, 2.24) is 10.2 Å². The lowest BCUT2D eigenvalue weighted by atomic mass is 10.2. The van der Waals surface area contributed by atoms with Crippen molar-refractivity contribution in [3.63, 3.8) is 0 Å². The Morgan fingerprint density at radius 3 is 2.95 bits per heavy atom. The first-order valence-electron chi connectivity index (χ1n) is 6.14. The average Bonchev–Trinajstić information content (AvgIpc) is 2.35. The normalized spacial score (nSPS) is 18.4. The fourth-order valence-electron chi connectivity index (χ4n) is 2.01. The Morgan fingerprint density at radius 2 is 2.30 bits per heavy atom. The SMILES string of the molecule is C[C@@H]1CN(C(=O)COc2cc(Br)cc(I)c2)CCN1.Cl. The van der Waals surface area contributed by atoms with Gasteiger partial charge in [-0.05, 0) is 47.7 Å². The first kappa shape index (κ1) is 18.0. The molecule has 1 aliphatic heterocycles. The van der Waals surface area contributed by atoms with E-state index in [9.17, 15) is 4.79 Å². The topological polar surface area (TPSA) is 41.6 Å². The molecule has 4 nitrogen and oxygen atoms in total. The van der Waals surface area contributed by atoms with Gasteiger partial charge in [-0.15, -0.1) is 12.4 Å². The van der Waals surface area contributed by atoms with Crippen molar-refractivity contribution < 1.29 is 9.53 Å². The molecule has 0 saturated carbocycles. The van der Waals surface area contributed by atoms with Gasteiger partial charge in [-0.25, -0.2) is 0 Å². The zero-order valence-corrected chi connectivity index (χ0v) is 15.6. The summed E-state index contributed by atoms with van der Waals surface area (Å²) in [6, 6.07) is 6.13. The summed E-state index contributed by atoms with van der Waals surface area (Å²) in [6.07, 6.45) is 0. The van der Waals surface area contributed by atoms with Gasteiger partial charge in [0.25, 0.3) is 5.91 Å². The molecule has 0 radical (unpaired) electrons. The highest BCUT2D eigenvalue weighted by molar-refractivity contribution is 14.1. The van der Waals surface area contributed by atoms with Gasteiger partial charge in [-0.3, -0.25) is 4.79 Å². The summed E-state index contributed by atoms with van der Waals surface area (Å²) in [6.45, 7) is 4.53. The van der Waals surface area contributed by atoms with E-state index < -0.39 is 0 Å². The van der Waals surface area contributed by atoms with Crippen molar-refractivity contribution in [3.8, 4) is 5.75 Å². The molecule has 2 rings (SSSR count). The lowest BCUT2D eigenvalue weighted by molar-refractivity contribution is -0.134. The molecule has 1 saturated heterocycles. The first-order valence-corrected chi connectivity index (χ1v) is 8.02. The van der Waals surface area contributed by atoms with Crippen molar-refractivity contribution in [2.45, 2.75) is 13.0 Å². The molecule has 7 heteroatoms. The smallest absolute Gasteiger partial charge is 0.260 e. The van der Waals surface area contributed by atoms with Crippen molar-refractivity contribution in [3.05, 3.63) is 26.2 Å².